The molecule has 0 aliphatic rings. The fourth-order valence-corrected chi connectivity index (χ4v) is 2.35. The minimum atomic E-state index is 0.0340. The maximum absolute atomic E-state index is 12.1. The molecule has 4 heteroatoms. The zero-order valence-electron chi connectivity index (χ0n) is 11.9. The summed E-state index contributed by atoms with van der Waals surface area (Å²) >= 11 is 0. The Bertz CT molecular complexity index is 787. The minimum absolute atomic E-state index is 0.0340. The number of nitrogens with zero attached hydrogens (tertiary/aromatic N) is 3. The van der Waals surface area contributed by atoms with E-state index in [9.17, 15) is 4.79 Å². The molecule has 2 aromatic heterocycles. The predicted octanol–water partition coefficient (Wildman–Crippen LogP) is 2.45. The minimum Gasteiger partial charge on any atom is -0.329 e. The van der Waals surface area contributed by atoms with Crippen molar-refractivity contribution in [2.75, 3.05) is 0 Å². The number of benzene rings is 1. The lowest BCUT2D eigenvalue weighted by Gasteiger charge is -2.10. The second kappa shape index (κ2) is 5.79. The summed E-state index contributed by atoms with van der Waals surface area (Å²) in [5.41, 5.74) is 2.00. The van der Waals surface area contributed by atoms with Crippen LogP contribution in [0, 0.1) is 6.92 Å². The average Bonchev–Trinajstić information content (AvgIpc) is 2.92. The quantitative estimate of drug-likeness (QED) is 0.736. The molecule has 0 aliphatic carbocycles. The molecule has 21 heavy (non-hydrogen) atoms. The molecule has 4 nitrogen and oxygen atoms in total. The Balaban J connectivity index is 1.86. The van der Waals surface area contributed by atoms with Gasteiger partial charge in [-0.2, -0.15) is 0 Å². The molecule has 0 fully saturated rings. The van der Waals surface area contributed by atoms with Crippen LogP contribution in [0.1, 0.15) is 17.0 Å². The highest BCUT2D eigenvalue weighted by Crippen LogP contribution is 2.06. The summed E-state index contributed by atoms with van der Waals surface area (Å²) in [6.07, 6.45) is 5.53. The van der Waals surface area contributed by atoms with Crippen LogP contribution in [-0.2, 0) is 13.1 Å². The lowest BCUT2D eigenvalue weighted by molar-refractivity contribution is 0.649. The summed E-state index contributed by atoms with van der Waals surface area (Å²) in [5, 5.41) is 0. The second-order valence-corrected chi connectivity index (χ2v) is 5.08. The van der Waals surface area contributed by atoms with Crippen molar-refractivity contribution in [2.45, 2.75) is 20.0 Å². The third kappa shape index (κ3) is 2.94. The van der Waals surface area contributed by atoms with E-state index < -0.39 is 0 Å². The number of imidazole rings is 1. The first kappa shape index (κ1) is 13.4. The third-order valence-electron chi connectivity index (χ3n) is 3.52. The Morgan fingerprint density at radius 1 is 0.952 bits per heavy atom. The second-order valence-electron chi connectivity index (χ2n) is 5.08. The largest absolute Gasteiger partial charge is 0.329 e. The summed E-state index contributed by atoms with van der Waals surface area (Å²) < 4.78 is 3.77. The molecule has 0 N–H and O–H groups in total. The average molecular weight is 279 g/mol. The lowest BCUT2D eigenvalue weighted by Crippen LogP contribution is -2.23. The number of rotatable bonds is 4. The molecule has 0 saturated carbocycles. The van der Waals surface area contributed by atoms with Gasteiger partial charge in [0.15, 0.2) is 0 Å². The Kier molecular flexibility index (Phi) is 3.69. The van der Waals surface area contributed by atoms with Crippen LogP contribution in [0.3, 0.4) is 0 Å². The maximum Gasteiger partial charge on any atom is 0.253 e. The van der Waals surface area contributed by atoms with Gasteiger partial charge in [-0.1, -0.05) is 36.4 Å². The third-order valence-corrected chi connectivity index (χ3v) is 3.52. The van der Waals surface area contributed by atoms with Gasteiger partial charge in [-0.05, 0) is 18.6 Å². The Morgan fingerprint density at radius 3 is 2.57 bits per heavy atom. The number of pyridine rings is 1. The van der Waals surface area contributed by atoms with Gasteiger partial charge in [0.2, 0.25) is 0 Å². The predicted molar refractivity (Wildman–Crippen MR) is 82.3 cm³/mol. The Labute approximate surface area is 123 Å². The van der Waals surface area contributed by atoms with Crippen LogP contribution in [0.5, 0.6) is 0 Å². The van der Waals surface area contributed by atoms with Crippen molar-refractivity contribution in [1.82, 2.24) is 14.1 Å². The van der Waals surface area contributed by atoms with Crippen molar-refractivity contribution in [1.29, 1.82) is 0 Å². The van der Waals surface area contributed by atoms with Gasteiger partial charge in [0.1, 0.15) is 5.82 Å². The van der Waals surface area contributed by atoms with Gasteiger partial charge in [0.05, 0.1) is 6.54 Å². The summed E-state index contributed by atoms with van der Waals surface area (Å²) in [5.74, 6) is 0.881. The normalized spacial score (nSPS) is 10.7. The zero-order valence-corrected chi connectivity index (χ0v) is 11.9. The lowest BCUT2D eigenvalue weighted by atomic mass is 10.2. The van der Waals surface area contributed by atoms with Crippen LogP contribution in [0.2, 0.25) is 0 Å². The topological polar surface area (TPSA) is 39.8 Å². The molecule has 0 amide bonds. The number of aromatic nitrogens is 3. The van der Waals surface area contributed by atoms with Gasteiger partial charge in [0, 0.05) is 30.7 Å². The van der Waals surface area contributed by atoms with E-state index in [0.717, 1.165) is 17.9 Å². The fraction of sp³-hybridized carbons (Fsp3) is 0.176. The van der Waals surface area contributed by atoms with Crippen LogP contribution in [0.25, 0.3) is 0 Å². The molecule has 0 aliphatic heterocycles. The number of aryl methyl sites for hydroxylation is 1. The molecular weight excluding hydrogens is 262 g/mol. The highest BCUT2D eigenvalue weighted by atomic mass is 16.1. The SMILES string of the molecule is Cc1cccn(Cc2nccn2Cc2ccccc2)c1=O. The van der Waals surface area contributed by atoms with E-state index >= 15 is 0 Å². The maximum atomic E-state index is 12.1. The van der Waals surface area contributed by atoms with E-state index in [0.29, 0.717) is 6.54 Å². The molecule has 0 atom stereocenters. The van der Waals surface area contributed by atoms with E-state index in [4.69, 9.17) is 0 Å². The summed E-state index contributed by atoms with van der Waals surface area (Å²) in [7, 11) is 0. The monoisotopic (exact) mass is 279 g/mol. The molecule has 0 radical (unpaired) electrons. The van der Waals surface area contributed by atoms with Crippen LogP contribution in [0.15, 0.2) is 65.8 Å². The van der Waals surface area contributed by atoms with Gasteiger partial charge < -0.3 is 9.13 Å². The van der Waals surface area contributed by atoms with Crippen LogP contribution >= 0.6 is 0 Å². The van der Waals surface area contributed by atoms with Crippen molar-refractivity contribution in [2.24, 2.45) is 0 Å². The molecule has 0 saturated heterocycles. The molecular formula is C17H17N3O. The van der Waals surface area contributed by atoms with E-state index in [1.165, 1.54) is 5.56 Å². The van der Waals surface area contributed by atoms with E-state index in [-0.39, 0.29) is 5.56 Å². The summed E-state index contributed by atoms with van der Waals surface area (Å²) in [6.45, 7) is 3.08. The molecule has 0 spiro atoms. The molecule has 3 rings (SSSR count). The Morgan fingerprint density at radius 2 is 1.76 bits per heavy atom. The van der Waals surface area contributed by atoms with Crippen LogP contribution in [0.4, 0.5) is 0 Å². The highest BCUT2D eigenvalue weighted by molar-refractivity contribution is 5.16. The van der Waals surface area contributed by atoms with Crippen molar-refractivity contribution >= 4 is 0 Å². The number of hydrogen-bond donors (Lipinski definition) is 0. The number of hydrogen-bond acceptors (Lipinski definition) is 2. The van der Waals surface area contributed by atoms with Crippen molar-refractivity contribution in [3.8, 4) is 0 Å². The van der Waals surface area contributed by atoms with Crippen molar-refractivity contribution in [3.05, 3.63) is 88.4 Å². The highest BCUT2D eigenvalue weighted by Gasteiger charge is 2.06. The van der Waals surface area contributed by atoms with Gasteiger partial charge >= 0.3 is 0 Å². The zero-order chi connectivity index (χ0) is 14.7. The summed E-state index contributed by atoms with van der Waals surface area (Å²) in [4.78, 5) is 16.5. The molecule has 0 bridgehead atoms. The van der Waals surface area contributed by atoms with Gasteiger partial charge in [-0.25, -0.2) is 4.98 Å². The molecule has 2 heterocycles. The summed E-state index contributed by atoms with van der Waals surface area (Å²) in [6, 6.07) is 13.9. The molecule has 3 aromatic rings. The van der Waals surface area contributed by atoms with Crippen LogP contribution in [-0.4, -0.2) is 14.1 Å². The molecule has 106 valence electrons. The van der Waals surface area contributed by atoms with Gasteiger partial charge in [-0.15, -0.1) is 0 Å². The first-order valence-electron chi connectivity index (χ1n) is 6.94. The first-order valence-corrected chi connectivity index (χ1v) is 6.94. The van der Waals surface area contributed by atoms with Gasteiger partial charge in [-0.3, -0.25) is 4.79 Å². The standard InChI is InChI=1S/C17H17N3O/c1-14-6-5-10-20(17(14)21)13-16-18-9-11-19(16)12-15-7-3-2-4-8-15/h2-11H,12-13H2,1H3. The van der Waals surface area contributed by atoms with Crippen LogP contribution < -0.4 is 5.56 Å². The van der Waals surface area contributed by atoms with Crippen molar-refractivity contribution in [3.63, 3.8) is 0 Å². The fourth-order valence-electron chi connectivity index (χ4n) is 2.35. The van der Waals surface area contributed by atoms with Crippen molar-refractivity contribution < 1.29 is 0 Å². The molecule has 1 aromatic carbocycles. The van der Waals surface area contributed by atoms with E-state index in [1.807, 2.05) is 43.5 Å². The van der Waals surface area contributed by atoms with Gasteiger partial charge in [0.25, 0.3) is 5.56 Å². The van der Waals surface area contributed by atoms with E-state index in [2.05, 4.69) is 21.7 Å². The Hall–Kier alpha value is -2.62. The molecule has 0 unspecified atom stereocenters. The smallest absolute Gasteiger partial charge is 0.253 e. The first-order chi connectivity index (χ1) is 10.2. The van der Waals surface area contributed by atoms with E-state index in [1.54, 1.807) is 17.0 Å².